The lowest BCUT2D eigenvalue weighted by Crippen LogP contribution is -2.54. The maximum absolute atomic E-state index is 13.9. The van der Waals surface area contributed by atoms with Crippen LogP contribution in [0, 0.1) is 18.3 Å². The molecule has 3 rings (SSSR count). The Kier molecular flexibility index (Phi) is 9.28. The van der Waals surface area contributed by atoms with E-state index in [-0.39, 0.29) is 23.6 Å². The molecule has 2 aromatic carbocycles. The van der Waals surface area contributed by atoms with Crippen LogP contribution in [0.2, 0.25) is 0 Å². The third kappa shape index (κ3) is 7.77. The van der Waals surface area contributed by atoms with Crippen molar-refractivity contribution in [1.82, 2.24) is 15.5 Å². The molecule has 0 heterocycles. The highest BCUT2D eigenvalue weighted by Crippen LogP contribution is 2.40. The maximum atomic E-state index is 13.9. The van der Waals surface area contributed by atoms with E-state index in [4.69, 9.17) is 11.2 Å². The van der Waals surface area contributed by atoms with Gasteiger partial charge in [0.2, 0.25) is 11.8 Å². The first kappa shape index (κ1) is 28.1. The number of hydrogen-bond donors (Lipinski definition) is 3. The van der Waals surface area contributed by atoms with Crippen molar-refractivity contribution in [2.75, 3.05) is 5.75 Å². The Morgan fingerprint density at radius 1 is 1.14 bits per heavy atom. The summed E-state index contributed by atoms with van der Waals surface area (Å²) in [5, 5.41) is 5.62. The zero-order chi connectivity index (χ0) is 27.2. The second-order valence-corrected chi connectivity index (χ2v) is 10.6. The standard InChI is InChI=1S/C29H35N3O4S/c1-6-20-12-14-22(15-13-20)25(26(33)30-17-21-10-8-7-9-11-21)32(24-16-19(24)2)27(34)23(18-37)31-28(35)36-29(3,4)5/h1,7-15,19,23-25,37H,16-18H2,2-5H3,(H,30,33)(H,31,35). The van der Waals surface area contributed by atoms with Gasteiger partial charge < -0.3 is 20.3 Å². The van der Waals surface area contributed by atoms with E-state index in [0.717, 1.165) is 12.0 Å². The summed E-state index contributed by atoms with van der Waals surface area (Å²) in [5.41, 5.74) is 1.52. The van der Waals surface area contributed by atoms with Crippen molar-refractivity contribution < 1.29 is 19.1 Å². The molecule has 0 radical (unpaired) electrons. The van der Waals surface area contributed by atoms with Crippen molar-refractivity contribution in [3.8, 4) is 12.3 Å². The van der Waals surface area contributed by atoms with E-state index in [2.05, 4.69) is 29.2 Å². The Hall–Kier alpha value is -3.44. The Balaban J connectivity index is 1.93. The second kappa shape index (κ2) is 12.2. The zero-order valence-corrected chi connectivity index (χ0v) is 22.6. The number of ether oxygens (including phenoxy) is 1. The molecular formula is C29H35N3O4S. The van der Waals surface area contributed by atoms with E-state index in [1.165, 1.54) is 0 Å². The van der Waals surface area contributed by atoms with E-state index < -0.39 is 29.7 Å². The SMILES string of the molecule is C#Cc1ccc(C(C(=O)NCc2ccccc2)N(C(=O)C(CS)NC(=O)OC(C)(C)C)C2CC2C)cc1. The normalized spacial score (nSPS) is 18.1. The minimum atomic E-state index is -0.972. The maximum Gasteiger partial charge on any atom is 0.408 e. The lowest BCUT2D eigenvalue weighted by Gasteiger charge is -2.34. The summed E-state index contributed by atoms with van der Waals surface area (Å²) in [5.74, 6) is 2.12. The first-order chi connectivity index (χ1) is 17.5. The van der Waals surface area contributed by atoms with Crippen LogP contribution in [0.25, 0.3) is 0 Å². The minimum Gasteiger partial charge on any atom is -0.444 e. The average Bonchev–Trinajstić information content (AvgIpc) is 3.59. The van der Waals surface area contributed by atoms with Crippen LogP contribution in [0.4, 0.5) is 4.79 Å². The summed E-state index contributed by atoms with van der Waals surface area (Å²) in [6.07, 6.45) is 5.56. The van der Waals surface area contributed by atoms with Gasteiger partial charge in [-0.3, -0.25) is 9.59 Å². The molecule has 8 heteroatoms. The van der Waals surface area contributed by atoms with Gasteiger partial charge in [-0.05, 0) is 56.4 Å². The fourth-order valence-corrected chi connectivity index (χ4v) is 4.32. The predicted molar refractivity (Wildman–Crippen MR) is 147 cm³/mol. The van der Waals surface area contributed by atoms with Crippen LogP contribution in [-0.2, 0) is 20.9 Å². The molecular weight excluding hydrogens is 486 g/mol. The number of nitrogens with one attached hydrogen (secondary N) is 2. The summed E-state index contributed by atoms with van der Waals surface area (Å²) in [6, 6.07) is 14.6. The zero-order valence-electron chi connectivity index (χ0n) is 21.7. The van der Waals surface area contributed by atoms with E-state index in [1.54, 1.807) is 49.9 Å². The molecule has 2 N–H and O–H groups in total. The Labute approximate surface area is 224 Å². The minimum absolute atomic E-state index is 0.0457. The molecule has 0 spiro atoms. The van der Waals surface area contributed by atoms with Crippen LogP contribution < -0.4 is 10.6 Å². The molecule has 1 aliphatic carbocycles. The van der Waals surface area contributed by atoms with Crippen molar-refractivity contribution >= 4 is 30.5 Å². The van der Waals surface area contributed by atoms with Gasteiger partial charge in [0, 0.05) is 23.9 Å². The van der Waals surface area contributed by atoms with E-state index in [1.807, 2.05) is 37.3 Å². The fraction of sp³-hybridized carbons (Fsp3) is 0.414. The summed E-state index contributed by atoms with van der Waals surface area (Å²) in [7, 11) is 0. The highest BCUT2D eigenvalue weighted by atomic mass is 32.1. The quantitative estimate of drug-likeness (QED) is 0.343. The van der Waals surface area contributed by atoms with Crippen LogP contribution in [0.3, 0.4) is 0 Å². The Bertz CT molecular complexity index is 1140. The summed E-state index contributed by atoms with van der Waals surface area (Å²) in [6.45, 7) is 7.58. The molecule has 196 valence electrons. The molecule has 0 aliphatic heterocycles. The summed E-state index contributed by atoms with van der Waals surface area (Å²) < 4.78 is 5.35. The van der Waals surface area contributed by atoms with Crippen LogP contribution >= 0.6 is 12.6 Å². The van der Waals surface area contributed by atoms with Gasteiger partial charge in [0.25, 0.3) is 0 Å². The molecule has 1 aliphatic rings. The number of carbonyl (C=O) groups is 3. The number of amides is 3. The Morgan fingerprint density at radius 3 is 2.27 bits per heavy atom. The summed E-state index contributed by atoms with van der Waals surface area (Å²) in [4.78, 5) is 41.7. The number of carbonyl (C=O) groups excluding carboxylic acids is 3. The topological polar surface area (TPSA) is 87.7 Å². The first-order valence-corrected chi connectivity index (χ1v) is 13.0. The lowest BCUT2D eigenvalue weighted by molar-refractivity contribution is -0.143. The molecule has 1 saturated carbocycles. The number of benzene rings is 2. The largest absolute Gasteiger partial charge is 0.444 e. The highest BCUT2D eigenvalue weighted by molar-refractivity contribution is 7.80. The van der Waals surface area contributed by atoms with E-state index in [9.17, 15) is 14.4 Å². The lowest BCUT2D eigenvalue weighted by atomic mass is 10.0. The number of nitrogens with zero attached hydrogens (tertiary/aromatic N) is 1. The van der Waals surface area contributed by atoms with Crippen LogP contribution in [0.5, 0.6) is 0 Å². The fourth-order valence-electron chi connectivity index (χ4n) is 4.07. The number of terminal acetylenes is 1. The number of hydrogen-bond acceptors (Lipinski definition) is 5. The molecule has 0 bridgehead atoms. The Morgan fingerprint density at radius 2 is 1.76 bits per heavy atom. The van der Waals surface area contributed by atoms with Gasteiger partial charge in [-0.15, -0.1) is 6.42 Å². The second-order valence-electron chi connectivity index (χ2n) is 10.3. The molecule has 37 heavy (non-hydrogen) atoms. The van der Waals surface area contributed by atoms with E-state index >= 15 is 0 Å². The van der Waals surface area contributed by atoms with Crippen LogP contribution in [0.1, 0.15) is 56.8 Å². The molecule has 3 amide bonds. The van der Waals surface area contributed by atoms with Gasteiger partial charge in [0.1, 0.15) is 17.7 Å². The van der Waals surface area contributed by atoms with Crippen molar-refractivity contribution in [2.24, 2.45) is 5.92 Å². The van der Waals surface area contributed by atoms with E-state index in [0.29, 0.717) is 17.7 Å². The summed E-state index contributed by atoms with van der Waals surface area (Å²) >= 11 is 4.33. The molecule has 4 unspecified atom stereocenters. The third-order valence-corrected chi connectivity index (χ3v) is 6.44. The monoisotopic (exact) mass is 521 g/mol. The third-order valence-electron chi connectivity index (χ3n) is 6.08. The molecule has 0 aromatic heterocycles. The van der Waals surface area contributed by atoms with Crippen LogP contribution in [-0.4, -0.2) is 46.2 Å². The number of alkyl carbamates (subject to hydrolysis) is 1. The molecule has 7 nitrogen and oxygen atoms in total. The van der Waals surface area contributed by atoms with Crippen molar-refractivity contribution in [2.45, 2.75) is 64.4 Å². The van der Waals surface area contributed by atoms with Gasteiger partial charge in [0.05, 0.1) is 0 Å². The first-order valence-electron chi connectivity index (χ1n) is 12.3. The molecule has 2 aromatic rings. The predicted octanol–water partition coefficient (Wildman–Crippen LogP) is 4.09. The van der Waals surface area contributed by atoms with Gasteiger partial charge in [0.15, 0.2) is 0 Å². The molecule has 1 fully saturated rings. The molecule has 4 atom stereocenters. The number of thiol groups is 1. The smallest absolute Gasteiger partial charge is 0.408 e. The average molecular weight is 522 g/mol. The van der Waals surface area contributed by atoms with Crippen molar-refractivity contribution in [3.63, 3.8) is 0 Å². The van der Waals surface area contributed by atoms with Gasteiger partial charge in [-0.2, -0.15) is 12.6 Å². The van der Waals surface area contributed by atoms with Gasteiger partial charge >= 0.3 is 6.09 Å². The molecule has 0 saturated heterocycles. The van der Waals surface area contributed by atoms with Gasteiger partial charge in [-0.1, -0.05) is 55.3 Å². The number of rotatable bonds is 9. The van der Waals surface area contributed by atoms with Crippen molar-refractivity contribution in [1.29, 1.82) is 0 Å². The highest BCUT2D eigenvalue weighted by Gasteiger charge is 2.48. The van der Waals surface area contributed by atoms with Crippen LogP contribution in [0.15, 0.2) is 54.6 Å². The van der Waals surface area contributed by atoms with Crippen molar-refractivity contribution in [3.05, 3.63) is 71.3 Å². The van der Waals surface area contributed by atoms with Gasteiger partial charge in [-0.25, -0.2) is 4.79 Å².